The Morgan fingerprint density at radius 1 is 1.14 bits per heavy atom. The van der Waals surface area contributed by atoms with Gasteiger partial charge >= 0.3 is 0 Å². The van der Waals surface area contributed by atoms with Crippen molar-refractivity contribution in [3.63, 3.8) is 0 Å². The fraction of sp³-hybridized carbons (Fsp3) is 0.111. The zero-order chi connectivity index (χ0) is 15.4. The van der Waals surface area contributed by atoms with Crippen molar-refractivity contribution in [2.45, 2.75) is 0 Å². The number of carbonyl (C=O) groups excluding carboxylic acids is 1. The van der Waals surface area contributed by atoms with E-state index < -0.39 is 0 Å². The predicted molar refractivity (Wildman–Crippen MR) is 85.1 cm³/mol. The maximum atomic E-state index is 12.9. The van der Waals surface area contributed by atoms with Gasteiger partial charge in [0.25, 0.3) is 0 Å². The molecular formula is C18H15FN2O. The summed E-state index contributed by atoms with van der Waals surface area (Å²) >= 11 is 0. The first kappa shape index (κ1) is 14.2. The zero-order valence-electron chi connectivity index (χ0n) is 11.9. The minimum atomic E-state index is -0.358. The van der Waals surface area contributed by atoms with Crippen LogP contribution in [-0.2, 0) is 0 Å². The molecular weight excluding hydrogens is 279 g/mol. The van der Waals surface area contributed by atoms with Crippen LogP contribution in [0.3, 0.4) is 0 Å². The molecule has 1 atom stereocenters. The maximum Gasteiger partial charge on any atom is 0.209 e. The highest BCUT2D eigenvalue weighted by Gasteiger charge is 2.26. The molecule has 0 saturated carbocycles. The summed E-state index contributed by atoms with van der Waals surface area (Å²) < 4.78 is 12.9. The Labute approximate surface area is 128 Å². The van der Waals surface area contributed by atoms with Crippen LogP contribution in [-0.4, -0.2) is 18.0 Å². The Morgan fingerprint density at radius 2 is 1.86 bits per heavy atom. The van der Waals surface area contributed by atoms with Crippen LogP contribution >= 0.6 is 0 Å². The summed E-state index contributed by atoms with van der Waals surface area (Å²) in [5.74, 6) is -0.617. The number of ketones is 1. The maximum absolute atomic E-state index is 12.9. The Morgan fingerprint density at radius 3 is 2.59 bits per heavy atom. The van der Waals surface area contributed by atoms with E-state index in [0.717, 1.165) is 5.56 Å². The lowest BCUT2D eigenvalue weighted by molar-refractivity contribution is 0.106. The van der Waals surface area contributed by atoms with Gasteiger partial charge in [-0.25, -0.2) is 4.39 Å². The quantitative estimate of drug-likeness (QED) is 0.879. The molecule has 0 bridgehead atoms. The van der Waals surface area contributed by atoms with E-state index in [1.54, 1.807) is 0 Å². The largest absolute Gasteiger partial charge is 0.309 e. The highest BCUT2D eigenvalue weighted by molar-refractivity contribution is 6.47. The van der Waals surface area contributed by atoms with Crippen molar-refractivity contribution in [3.05, 3.63) is 77.6 Å². The van der Waals surface area contributed by atoms with Crippen LogP contribution in [0.5, 0.6) is 0 Å². The minimum absolute atomic E-state index is 0.0854. The Bertz CT molecular complexity index is 721. The molecule has 1 aliphatic rings. The first-order chi connectivity index (χ1) is 10.7. The molecule has 4 heteroatoms. The summed E-state index contributed by atoms with van der Waals surface area (Å²) in [7, 11) is 0. The first-order valence-electron chi connectivity index (χ1n) is 7.08. The van der Waals surface area contributed by atoms with Crippen LogP contribution in [0.2, 0.25) is 0 Å². The van der Waals surface area contributed by atoms with Crippen LogP contribution in [0.4, 0.5) is 4.39 Å². The van der Waals surface area contributed by atoms with Gasteiger partial charge in [0.05, 0.1) is 0 Å². The number of nitrogens with zero attached hydrogens (tertiary/aromatic N) is 1. The van der Waals surface area contributed by atoms with Gasteiger partial charge in [0.1, 0.15) is 11.5 Å². The van der Waals surface area contributed by atoms with Gasteiger partial charge in [-0.05, 0) is 29.8 Å². The van der Waals surface area contributed by atoms with Gasteiger partial charge in [0.15, 0.2) is 0 Å². The molecule has 22 heavy (non-hydrogen) atoms. The lowest BCUT2D eigenvalue weighted by Crippen LogP contribution is -2.21. The minimum Gasteiger partial charge on any atom is -0.309 e. The molecule has 0 aromatic heterocycles. The summed E-state index contributed by atoms with van der Waals surface area (Å²) in [6, 6.07) is 15.4. The highest BCUT2D eigenvalue weighted by atomic mass is 19.1. The number of Topliss-reactive ketones (excluding diaryl/α,β-unsaturated/α-hetero) is 1. The molecule has 0 aliphatic carbocycles. The summed E-state index contributed by atoms with van der Waals surface area (Å²) in [4.78, 5) is 12.5. The van der Waals surface area contributed by atoms with Crippen molar-refractivity contribution in [1.82, 2.24) is 5.43 Å². The highest BCUT2D eigenvalue weighted by Crippen LogP contribution is 2.15. The van der Waals surface area contributed by atoms with Crippen LogP contribution < -0.4 is 5.43 Å². The van der Waals surface area contributed by atoms with Crippen LogP contribution in [0.25, 0.3) is 6.08 Å². The van der Waals surface area contributed by atoms with Crippen molar-refractivity contribution in [2.75, 3.05) is 6.54 Å². The van der Waals surface area contributed by atoms with E-state index >= 15 is 0 Å². The fourth-order valence-corrected chi connectivity index (χ4v) is 2.33. The van der Waals surface area contributed by atoms with E-state index in [1.165, 1.54) is 24.3 Å². The van der Waals surface area contributed by atoms with E-state index in [1.807, 2.05) is 42.5 Å². The molecule has 3 rings (SSSR count). The Balaban J connectivity index is 1.77. The third-order valence-electron chi connectivity index (χ3n) is 3.52. The van der Waals surface area contributed by atoms with Gasteiger partial charge in [-0.3, -0.25) is 4.79 Å². The van der Waals surface area contributed by atoms with E-state index in [2.05, 4.69) is 10.5 Å². The number of hydrazone groups is 1. The van der Waals surface area contributed by atoms with Gasteiger partial charge < -0.3 is 5.43 Å². The number of nitrogens with one attached hydrogen (secondary N) is 1. The normalized spacial score (nSPS) is 17.3. The monoisotopic (exact) mass is 294 g/mol. The van der Waals surface area contributed by atoms with Gasteiger partial charge in [0, 0.05) is 18.0 Å². The van der Waals surface area contributed by atoms with E-state index in [9.17, 15) is 9.18 Å². The topological polar surface area (TPSA) is 41.5 Å². The lowest BCUT2D eigenvalue weighted by atomic mass is 9.95. The average Bonchev–Trinajstić information content (AvgIpc) is 3.02. The third kappa shape index (κ3) is 3.11. The van der Waals surface area contributed by atoms with Crippen molar-refractivity contribution >= 4 is 17.6 Å². The molecule has 0 radical (unpaired) electrons. The summed E-state index contributed by atoms with van der Waals surface area (Å²) in [6.07, 6.45) is 3.95. The predicted octanol–water partition coefficient (Wildman–Crippen LogP) is 3.30. The summed E-state index contributed by atoms with van der Waals surface area (Å²) in [6.45, 7) is 0.589. The number of hydrogen-bond donors (Lipinski definition) is 1. The van der Waals surface area contributed by atoms with Gasteiger partial charge in [-0.2, -0.15) is 5.10 Å². The first-order valence-corrected chi connectivity index (χ1v) is 7.08. The number of carbonyl (C=O) groups is 1. The van der Waals surface area contributed by atoms with Crippen LogP contribution in [0, 0.1) is 11.7 Å². The van der Waals surface area contributed by atoms with E-state index in [0.29, 0.717) is 17.8 Å². The van der Waals surface area contributed by atoms with Gasteiger partial charge in [-0.15, -0.1) is 0 Å². The van der Waals surface area contributed by atoms with E-state index in [-0.39, 0.29) is 17.5 Å². The molecule has 0 saturated heterocycles. The van der Waals surface area contributed by atoms with Crippen molar-refractivity contribution in [1.29, 1.82) is 0 Å². The molecule has 0 fully saturated rings. The van der Waals surface area contributed by atoms with Gasteiger partial charge in [0.2, 0.25) is 5.78 Å². The fourth-order valence-electron chi connectivity index (χ4n) is 2.33. The SMILES string of the molecule is O=C(C1=NNCC1/C=C/c1ccccc1)c1ccc(F)cc1. The standard InChI is InChI=1S/C18H15FN2O/c19-16-10-8-14(9-11-16)18(22)17-15(12-20-21-17)7-6-13-4-2-1-3-5-13/h1-11,15,20H,12H2/b7-6+. The van der Waals surface area contributed by atoms with Crippen molar-refractivity contribution in [3.8, 4) is 0 Å². The molecule has 1 N–H and O–H groups in total. The molecule has 0 spiro atoms. The van der Waals surface area contributed by atoms with Crippen molar-refractivity contribution in [2.24, 2.45) is 11.0 Å². The summed E-state index contributed by atoms with van der Waals surface area (Å²) in [5.41, 5.74) is 4.84. The lowest BCUT2D eigenvalue weighted by Gasteiger charge is -2.06. The zero-order valence-corrected chi connectivity index (χ0v) is 11.9. The molecule has 2 aromatic rings. The molecule has 3 nitrogen and oxygen atoms in total. The molecule has 1 unspecified atom stereocenters. The summed E-state index contributed by atoms with van der Waals surface area (Å²) in [5, 5.41) is 4.10. The van der Waals surface area contributed by atoms with E-state index in [4.69, 9.17) is 0 Å². The van der Waals surface area contributed by atoms with Crippen LogP contribution in [0.1, 0.15) is 15.9 Å². The Kier molecular flexibility index (Phi) is 4.10. The smallest absolute Gasteiger partial charge is 0.209 e. The number of benzene rings is 2. The van der Waals surface area contributed by atoms with Gasteiger partial charge in [-0.1, -0.05) is 42.5 Å². The van der Waals surface area contributed by atoms with Crippen molar-refractivity contribution < 1.29 is 9.18 Å². The average molecular weight is 294 g/mol. The second kappa shape index (κ2) is 6.35. The van der Waals surface area contributed by atoms with Crippen LogP contribution in [0.15, 0.2) is 65.8 Å². The molecule has 1 heterocycles. The number of halogens is 1. The molecule has 110 valence electrons. The second-order valence-corrected chi connectivity index (χ2v) is 5.07. The third-order valence-corrected chi connectivity index (χ3v) is 3.52. The Hall–Kier alpha value is -2.75. The number of rotatable bonds is 4. The molecule has 1 aliphatic heterocycles. The second-order valence-electron chi connectivity index (χ2n) is 5.07. The molecule has 2 aromatic carbocycles. The number of hydrogen-bond acceptors (Lipinski definition) is 3. The molecule has 0 amide bonds.